The third kappa shape index (κ3) is 4.92. The molecule has 1 saturated heterocycles. The van der Waals surface area contributed by atoms with Crippen molar-refractivity contribution >= 4 is 35.6 Å². The molecule has 0 saturated carbocycles. The molecule has 7 nitrogen and oxygen atoms in total. The highest BCUT2D eigenvalue weighted by molar-refractivity contribution is 5.99. The fraction of sp³-hybridized carbons (Fsp3) is 0.364. The van der Waals surface area contributed by atoms with Crippen LogP contribution in [0.25, 0.3) is 0 Å². The van der Waals surface area contributed by atoms with Crippen LogP contribution in [0.4, 0.5) is 11.4 Å². The van der Waals surface area contributed by atoms with Crippen LogP contribution in [0, 0.1) is 0 Å². The van der Waals surface area contributed by atoms with E-state index in [1.807, 2.05) is 42.5 Å². The number of nitrogens with zero attached hydrogens (tertiary/aromatic N) is 1. The van der Waals surface area contributed by atoms with Crippen molar-refractivity contribution in [1.29, 1.82) is 0 Å². The molecule has 0 bridgehead atoms. The number of benzene rings is 2. The van der Waals surface area contributed by atoms with E-state index in [0.29, 0.717) is 38.4 Å². The number of hydrogen-bond donors (Lipinski definition) is 2. The SMILES string of the molecule is COc1cccc(CC(=O)N2CCc3ccc(NC(=O)C4COCCN4)cc32)c1.Cl. The number of fused-ring (bicyclic) bond motifs is 1. The lowest BCUT2D eigenvalue weighted by atomic mass is 10.1. The summed E-state index contributed by atoms with van der Waals surface area (Å²) in [6.45, 7) is 2.29. The number of morpholine rings is 1. The summed E-state index contributed by atoms with van der Waals surface area (Å²) in [6, 6.07) is 12.9. The number of amides is 2. The second kappa shape index (κ2) is 9.93. The van der Waals surface area contributed by atoms with Gasteiger partial charge in [-0.15, -0.1) is 12.4 Å². The molecule has 0 radical (unpaired) electrons. The molecule has 1 fully saturated rings. The quantitative estimate of drug-likeness (QED) is 0.758. The summed E-state index contributed by atoms with van der Waals surface area (Å²) in [5.74, 6) is 0.641. The Morgan fingerprint density at radius 2 is 2.13 bits per heavy atom. The summed E-state index contributed by atoms with van der Waals surface area (Å²) < 4.78 is 10.6. The molecule has 160 valence electrons. The maximum Gasteiger partial charge on any atom is 0.243 e. The van der Waals surface area contributed by atoms with Gasteiger partial charge in [-0.05, 0) is 41.8 Å². The van der Waals surface area contributed by atoms with Crippen LogP contribution in [0.15, 0.2) is 42.5 Å². The summed E-state index contributed by atoms with van der Waals surface area (Å²) in [4.78, 5) is 27.2. The first-order valence-electron chi connectivity index (χ1n) is 9.82. The molecule has 8 heteroatoms. The molecular formula is C22H26ClN3O4. The lowest BCUT2D eigenvalue weighted by molar-refractivity contribution is -0.121. The van der Waals surface area contributed by atoms with E-state index in [1.54, 1.807) is 12.0 Å². The van der Waals surface area contributed by atoms with Crippen molar-refractivity contribution in [2.24, 2.45) is 0 Å². The number of nitrogens with one attached hydrogen (secondary N) is 2. The highest BCUT2D eigenvalue weighted by Gasteiger charge is 2.26. The Balaban J connectivity index is 0.00000256. The van der Waals surface area contributed by atoms with Gasteiger partial charge in [-0.25, -0.2) is 0 Å². The smallest absolute Gasteiger partial charge is 0.243 e. The molecule has 2 aromatic carbocycles. The first-order valence-corrected chi connectivity index (χ1v) is 9.82. The van der Waals surface area contributed by atoms with Crippen LogP contribution in [0.1, 0.15) is 11.1 Å². The molecule has 2 aliphatic rings. The summed E-state index contributed by atoms with van der Waals surface area (Å²) in [7, 11) is 1.61. The van der Waals surface area contributed by atoms with Crippen molar-refractivity contribution in [2.75, 3.05) is 43.6 Å². The standard InChI is InChI=1S/C22H25N3O4.ClH/c1-28-18-4-2-3-15(11-18)12-21(26)25-9-7-16-5-6-17(13-20(16)25)24-22(27)19-14-29-10-8-23-19;/h2-6,11,13,19,23H,7-10,12,14H2,1H3,(H,24,27);1H. The van der Waals surface area contributed by atoms with Gasteiger partial charge in [0, 0.05) is 24.5 Å². The number of halogens is 1. The van der Waals surface area contributed by atoms with Gasteiger partial charge in [0.2, 0.25) is 11.8 Å². The van der Waals surface area contributed by atoms with Gasteiger partial charge < -0.3 is 25.0 Å². The molecule has 2 amide bonds. The molecular weight excluding hydrogens is 406 g/mol. The monoisotopic (exact) mass is 431 g/mol. The molecule has 1 unspecified atom stereocenters. The Hall–Kier alpha value is -2.61. The highest BCUT2D eigenvalue weighted by Crippen LogP contribution is 2.31. The average molecular weight is 432 g/mol. The van der Waals surface area contributed by atoms with Crippen LogP contribution in [-0.2, 0) is 27.2 Å². The van der Waals surface area contributed by atoms with Gasteiger partial charge in [0.25, 0.3) is 0 Å². The van der Waals surface area contributed by atoms with Crippen molar-refractivity contribution in [3.63, 3.8) is 0 Å². The molecule has 0 spiro atoms. The van der Waals surface area contributed by atoms with Gasteiger partial charge in [-0.1, -0.05) is 18.2 Å². The maximum absolute atomic E-state index is 12.9. The second-order valence-corrected chi connectivity index (χ2v) is 7.24. The Morgan fingerprint density at radius 1 is 1.27 bits per heavy atom. The van der Waals surface area contributed by atoms with E-state index in [9.17, 15) is 9.59 Å². The number of ether oxygens (including phenoxy) is 2. The van der Waals surface area contributed by atoms with E-state index in [-0.39, 0.29) is 30.3 Å². The van der Waals surface area contributed by atoms with E-state index in [1.165, 1.54) is 0 Å². The zero-order valence-corrected chi connectivity index (χ0v) is 17.7. The zero-order valence-electron chi connectivity index (χ0n) is 16.8. The normalized spacial score (nSPS) is 17.6. The maximum atomic E-state index is 12.9. The van der Waals surface area contributed by atoms with Crippen LogP contribution in [0.3, 0.4) is 0 Å². The summed E-state index contributed by atoms with van der Waals surface area (Å²) in [5, 5.41) is 6.07. The summed E-state index contributed by atoms with van der Waals surface area (Å²) in [5.41, 5.74) is 3.57. The topological polar surface area (TPSA) is 79.9 Å². The third-order valence-electron chi connectivity index (χ3n) is 5.28. The number of hydrogen-bond acceptors (Lipinski definition) is 5. The van der Waals surface area contributed by atoms with Crippen molar-refractivity contribution in [3.05, 3.63) is 53.6 Å². The minimum absolute atomic E-state index is 0. The fourth-order valence-electron chi connectivity index (χ4n) is 3.73. The van der Waals surface area contributed by atoms with Gasteiger partial charge in [0.15, 0.2) is 0 Å². The van der Waals surface area contributed by atoms with E-state index >= 15 is 0 Å². The molecule has 2 N–H and O–H groups in total. The second-order valence-electron chi connectivity index (χ2n) is 7.24. The average Bonchev–Trinajstić information content (AvgIpc) is 3.18. The van der Waals surface area contributed by atoms with Gasteiger partial charge in [0.1, 0.15) is 11.8 Å². The fourth-order valence-corrected chi connectivity index (χ4v) is 3.73. The lowest BCUT2D eigenvalue weighted by Gasteiger charge is -2.23. The van der Waals surface area contributed by atoms with Gasteiger partial charge in [0.05, 0.1) is 26.7 Å². The summed E-state index contributed by atoms with van der Waals surface area (Å²) >= 11 is 0. The Bertz CT molecular complexity index is 915. The van der Waals surface area contributed by atoms with Crippen molar-refractivity contribution in [2.45, 2.75) is 18.9 Å². The molecule has 2 aromatic rings. The van der Waals surface area contributed by atoms with Gasteiger partial charge in [-0.3, -0.25) is 9.59 Å². The highest BCUT2D eigenvalue weighted by atomic mass is 35.5. The number of carbonyl (C=O) groups excluding carboxylic acids is 2. The largest absolute Gasteiger partial charge is 0.497 e. The van der Waals surface area contributed by atoms with Crippen LogP contribution in [-0.4, -0.2) is 51.3 Å². The van der Waals surface area contributed by atoms with Crippen molar-refractivity contribution in [1.82, 2.24) is 5.32 Å². The predicted octanol–water partition coefficient (Wildman–Crippen LogP) is 2.18. The van der Waals surface area contributed by atoms with Gasteiger partial charge in [-0.2, -0.15) is 0 Å². The minimum Gasteiger partial charge on any atom is -0.497 e. The van der Waals surface area contributed by atoms with Crippen LogP contribution in [0.2, 0.25) is 0 Å². The minimum atomic E-state index is -0.359. The van der Waals surface area contributed by atoms with E-state index in [4.69, 9.17) is 9.47 Å². The summed E-state index contributed by atoms with van der Waals surface area (Å²) in [6.07, 6.45) is 1.11. The Labute approximate surface area is 182 Å². The van der Waals surface area contributed by atoms with E-state index in [0.717, 1.165) is 29.0 Å². The number of anilines is 2. The van der Waals surface area contributed by atoms with Crippen LogP contribution in [0.5, 0.6) is 5.75 Å². The van der Waals surface area contributed by atoms with Gasteiger partial charge >= 0.3 is 0 Å². The zero-order chi connectivity index (χ0) is 20.2. The molecule has 2 heterocycles. The molecule has 0 aliphatic carbocycles. The first kappa shape index (κ1) is 22.1. The van der Waals surface area contributed by atoms with E-state index in [2.05, 4.69) is 10.6 Å². The van der Waals surface area contributed by atoms with Crippen molar-refractivity contribution < 1.29 is 19.1 Å². The Morgan fingerprint density at radius 3 is 2.90 bits per heavy atom. The van der Waals surface area contributed by atoms with Crippen molar-refractivity contribution in [3.8, 4) is 5.75 Å². The molecule has 30 heavy (non-hydrogen) atoms. The third-order valence-corrected chi connectivity index (χ3v) is 5.28. The number of rotatable bonds is 5. The van der Waals surface area contributed by atoms with E-state index < -0.39 is 0 Å². The number of methoxy groups -OCH3 is 1. The van der Waals surface area contributed by atoms with Crippen LogP contribution < -0.4 is 20.3 Å². The predicted molar refractivity (Wildman–Crippen MR) is 118 cm³/mol. The molecule has 1 atom stereocenters. The number of carbonyl (C=O) groups is 2. The first-order chi connectivity index (χ1) is 14.1. The molecule has 2 aliphatic heterocycles. The Kier molecular flexibility index (Phi) is 7.31. The molecule has 4 rings (SSSR count). The van der Waals surface area contributed by atoms with Crippen LogP contribution >= 0.6 is 12.4 Å². The molecule has 0 aromatic heterocycles. The lowest BCUT2D eigenvalue weighted by Crippen LogP contribution is -2.48.